The number of hydrogen-bond acceptors (Lipinski definition) is 2. The van der Waals surface area contributed by atoms with Gasteiger partial charge in [0.05, 0.1) is 7.11 Å². The van der Waals surface area contributed by atoms with Crippen LogP contribution >= 0.6 is 27.5 Å². The molecule has 0 spiro atoms. The molecule has 4 heteroatoms. The van der Waals surface area contributed by atoms with E-state index in [0.29, 0.717) is 5.41 Å². The molecule has 0 saturated heterocycles. The van der Waals surface area contributed by atoms with Crippen molar-refractivity contribution in [3.05, 3.63) is 28.2 Å². The molecule has 0 heterocycles. The highest BCUT2D eigenvalue weighted by Crippen LogP contribution is 2.48. The smallest absolute Gasteiger partial charge is 0.119 e. The summed E-state index contributed by atoms with van der Waals surface area (Å²) < 4.78 is 6.37. The summed E-state index contributed by atoms with van der Waals surface area (Å²) in [4.78, 5) is 0. The Balaban J connectivity index is 1.86. The number of hydrogen-bond donors (Lipinski definition) is 1. The van der Waals surface area contributed by atoms with Gasteiger partial charge in [-0.25, -0.2) is 0 Å². The van der Waals surface area contributed by atoms with Crippen LogP contribution in [0, 0.1) is 5.41 Å². The summed E-state index contributed by atoms with van der Waals surface area (Å²) in [5.74, 6) is 1.67. The lowest BCUT2D eigenvalue weighted by molar-refractivity contribution is 0.413. The Morgan fingerprint density at radius 1 is 1.44 bits per heavy atom. The van der Waals surface area contributed by atoms with Crippen LogP contribution in [-0.4, -0.2) is 19.5 Å². The number of ether oxygens (including phenoxy) is 1. The molecule has 1 fully saturated rings. The number of rotatable bonds is 7. The van der Waals surface area contributed by atoms with E-state index < -0.39 is 0 Å². The van der Waals surface area contributed by atoms with Crippen LogP contribution in [0.15, 0.2) is 22.7 Å². The Morgan fingerprint density at radius 2 is 2.22 bits per heavy atom. The van der Waals surface area contributed by atoms with Gasteiger partial charge in [0.1, 0.15) is 5.75 Å². The van der Waals surface area contributed by atoms with Gasteiger partial charge in [-0.2, -0.15) is 0 Å². The molecule has 1 N–H and O–H groups in total. The topological polar surface area (TPSA) is 21.3 Å². The van der Waals surface area contributed by atoms with Crippen molar-refractivity contribution >= 4 is 27.5 Å². The fourth-order valence-electron chi connectivity index (χ4n) is 2.17. The van der Waals surface area contributed by atoms with Crippen LogP contribution in [0.25, 0.3) is 0 Å². The van der Waals surface area contributed by atoms with E-state index in [-0.39, 0.29) is 0 Å². The number of nitrogens with one attached hydrogen (secondary N) is 1. The number of methoxy groups -OCH3 is 1. The second-order valence-electron chi connectivity index (χ2n) is 5.00. The van der Waals surface area contributed by atoms with Gasteiger partial charge in [0.25, 0.3) is 0 Å². The quantitative estimate of drug-likeness (QED) is 0.763. The van der Waals surface area contributed by atoms with Gasteiger partial charge in [-0.05, 0) is 48.4 Å². The van der Waals surface area contributed by atoms with Crippen molar-refractivity contribution in [1.82, 2.24) is 5.32 Å². The van der Waals surface area contributed by atoms with Crippen LogP contribution in [0.3, 0.4) is 0 Å². The van der Waals surface area contributed by atoms with E-state index in [1.807, 2.05) is 12.1 Å². The summed E-state index contributed by atoms with van der Waals surface area (Å²) in [6.45, 7) is 1.92. The molecular formula is C14H19BrClNO. The molecule has 0 aromatic heterocycles. The van der Waals surface area contributed by atoms with Crippen molar-refractivity contribution in [2.24, 2.45) is 5.41 Å². The molecule has 0 aliphatic heterocycles. The van der Waals surface area contributed by atoms with E-state index in [2.05, 4.69) is 27.3 Å². The molecule has 0 bridgehead atoms. The molecule has 100 valence electrons. The fourth-order valence-corrected chi connectivity index (χ4v) is 2.96. The predicted molar refractivity (Wildman–Crippen MR) is 79.4 cm³/mol. The molecule has 0 radical (unpaired) electrons. The molecule has 1 aliphatic carbocycles. The highest BCUT2D eigenvalue weighted by Gasteiger charge is 2.41. The summed E-state index contributed by atoms with van der Waals surface area (Å²) in [5.41, 5.74) is 1.71. The Labute approximate surface area is 122 Å². The lowest BCUT2D eigenvalue weighted by atomic mass is 10.0. The standard InChI is InChI=1S/C14H19BrClNO/c1-18-12-2-3-13(15)11(8-12)9-17-10-14(4-5-14)6-7-16/h2-3,8,17H,4-7,9-10H2,1H3. The molecule has 0 atom stereocenters. The van der Waals surface area contributed by atoms with Crippen LogP contribution in [0.2, 0.25) is 0 Å². The van der Waals surface area contributed by atoms with Gasteiger partial charge in [0.2, 0.25) is 0 Å². The Morgan fingerprint density at radius 3 is 2.83 bits per heavy atom. The zero-order valence-electron chi connectivity index (χ0n) is 10.6. The van der Waals surface area contributed by atoms with E-state index in [0.717, 1.165) is 35.6 Å². The molecule has 18 heavy (non-hydrogen) atoms. The lowest BCUT2D eigenvalue weighted by Crippen LogP contribution is -2.24. The third-order valence-corrected chi connectivity index (χ3v) is 4.61. The summed E-state index contributed by atoms with van der Waals surface area (Å²) >= 11 is 9.40. The number of alkyl halides is 1. The predicted octanol–water partition coefficient (Wildman–Crippen LogP) is 3.96. The van der Waals surface area contributed by atoms with Crippen LogP contribution in [-0.2, 0) is 6.54 Å². The summed E-state index contributed by atoms with van der Waals surface area (Å²) in [6.07, 6.45) is 3.75. The maximum atomic E-state index is 5.83. The minimum Gasteiger partial charge on any atom is -0.497 e. The lowest BCUT2D eigenvalue weighted by Gasteiger charge is -2.15. The van der Waals surface area contributed by atoms with Crippen molar-refractivity contribution in [2.75, 3.05) is 19.5 Å². The van der Waals surface area contributed by atoms with E-state index in [4.69, 9.17) is 16.3 Å². The van der Waals surface area contributed by atoms with Gasteiger partial charge in [-0.15, -0.1) is 11.6 Å². The molecular weight excluding hydrogens is 314 g/mol. The van der Waals surface area contributed by atoms with Crippen molar-refractivity contribution in [2.45, 2.75) is 25.8 Å². The first-order valence-electron chi connectivity index (χ1n) is 6.28. The molecule has 0 unspecified atom stereocenters. The highest BCUT2D eigenvalue weighted by molar-refractivity contribution is 9.10. The van der Waals surface area contributed by atoms with E-state index >= 15 is 0 Å². The monoisotopic (exact) mass is 331 g/mol. The Kier molecular flexibility index (Phi) is 4.93. The maximum absolute atomic E-state index is 5.83. The number of benzene rings is 1. The summed E-state index contributed by atoms with van der Waals surface area (Å²) in [5, 5.41) is 3.54. The SMILES string of the molecule is COc1ccc(Br)c(CNCC2(CCCl)CC2)c1. The molecule has 2 nitrogen and oxygen atoms in total. The van der Waals surface area contributed by atoms with Crippen LogP contribution in [0.1, 0.15) is 24.8 Å². The second kappa shape index (κ2) is 6.27. The zero-order valence-corrected chi connectivity index (χ0v) is 13.0. The fraction of sp³-hybridized carbons (Fsp3) is 0.571. The maximum Gasteiger partial charge on any atom is 0.119 e. The average Bonchev–Trinajstić information content (AvgIpc) is 3.12. The van der Waals surface area contributed by atoms with Gasteiger partial charge < -0.3 is 10.1 Å². The summed E-state index contributed by atoms with van der Waals surface area (Å²) in [7, 11) is 1.69. The molecule has 1 saturated carbocycles. The minimum absolute atomic E-state index is 0.479. The van der Waals surface area contributed by atoms with Crippen LogP contribution < -0.4 is 10.1 Å². The second-order valence-corrected chi connectivity index (χ2v) is 6.23. The largest absolute Gasteiger partial charge is 0.497 e. The first-order chi connectivity index (χ1) is 8.69. The van der Waals surface area contributed by atoms with Crippen molar-refractivity contribution in [3.63, 3.8) is 0 Å². The van der Waals surface area contributed by atoms with Gasteiger partial charge in [0, 0.05) is 23.4 Å². The van der Waals surface area contributed by atoms with Gasteiger partial charge in [0.15, 0.2) is 0 Å². The Bertz CT molecular complexity index is 407. The van der Waals surface area contributed by atoms with E-state index in [1.54, 1.807) is 7.11 Å². The highest BCUT2D eigenvalue weighted by atomic mass is 79.9. The number of halogens is 2. The van der Waals surface area contributed by atoms with E-state index in [9.17, 15) is 0 Å². The third-order valence-electron chi connectivity index (χ3n) is 3.65. The molecule has 0 amide bonds. The molecule has 2 rings (SSSR count). The first-order valence-corrected chi connectivity index (χ1v) is 7.61. The first kappa shape index (κ1) is 14.2. The molecule has 1 aromatic carbocycles. The summed E-state index contributed by atoms with van der Waals surface area (Å²) in [6, 6.07) is 6.06. The van der Waals surface area contributed by atoms with Crippen molar-refractivity contribution in [1.29, 1.82) is 0 Å². The van der Waals surface area contributed by atoms with Gasteiger partial charge in [-0.1, -0.05) is 15.9 Å². The van der Waals surface area contributed by atoms with Gasteiger partial charge in [-0.3, -0.25) is 0 Å². The zero-order chi connectivity index (χ0) is 13.0. The van der Waals surface area contributed by atoms with E-state index in [1.165, 1.54) is 18.4 Å². The van der Waals surface area contributed by atoms with Crippen LogP contribution in [0.5, 0.6) is 5.75 Å². The molecule has 1 aromatic rings. The van der Waals surface area contributed by atoms with Gasteiger partial charge >= 0.3 is 0 Å². The van der Waals surface area contributed by atoms with Crippen molar-refractivity contribution < 1.29 is 4.74 Å². The Hall–Kier alpha value is -0.250. The minimum atomic E-state index is 0.479. The molecule has 1 aliphatic rings. The average molecular weight is 333 g/mol. The van der Waals surface area contributed by atoms with Crippen LogP contribution in [0.4, 0.5) is 0 Å². The normalized spacial score (nSPS) is 16.6. The third kappa shape index (κ3) is 3.62. The van der Waals surface area contributed by atoms with Crippen molar-refractivity contribution in [3.8, 4) is 5.75 Å².